The standard InChI is InChI=1S/C15H13ClN6O2/c1-10-6-14(24)22-15(17-9-19-22)21(10)8-13(23)20-18-7-11-2-4-12(16)5-3-11/h2-7,9H,8H2,1H3,(H,20,23)/b18-7-. The van der Waals surface area contributed by atoms with Crippen molar-refractivity contribution in [2.45, 2.75) is 13.5 Å². The zero-order valence-electron chi connectivity index (χ0n) is 12.7. The third-order valence-electron chi connectivity index (χ3n) is 3.31. The van der Waals surface area contributed by atoms with Crippen molar-refractivity contribution in [1.29, 1.82) is 0 Å². The van der Waals surface area contributed by atoms with E-state index in [2.05, 4.69) is 20.6 Å². The van der Waals surface area contributed by atoms with E-state index in [1.54, 1.807) is 35.8 Å². The van der Waals surface area contributed by atoms with E-state index in [0.29, 0.717) is 16.5 Å². The summed E-state index contributed by atoms with van der Waals surface area (Å²) in [5, 5.41) is 8.36. The number of amides is 1. The first-order valence-electron chi connectivity index (χ1n) is 7.02. The fourth-order valence-electron chi connectivity index (χ4n) is 2.15. The molecule has 0 spiro atoms. The number of aryl methyl sites for hydroxylation is 1. The van der Waals surface area contributed by atoms with E-state index in [1.807, 2.05) is 0 Å². The van der Waals surface area contributed by atoms with Crippen LogP contribution in [0.2, 0.25) is 5.02 Å². The molecule has 0 saturated carbocycles. The SMILES string of the molecule is Cc1cc(=O)n2ncnc2n1CC(=O)N/N=C\c1ccc(Cl)cc1. The molecular weight excluding hydrogens is 332 g/mol. The van der Waals surface area contributed by atoms with E-state index in [1.165, 1.54) is 18.6 Å². The molecule has 1 N–H and O–H groups in total. The lowest BCUT2D eigenvalue weighted by atomic mass is 10.2. The summed E-state index contributed by atoms with van der Waals surface area (Å²) in [4.78, 5) is 27.8. The van der Waals surface area contributed by atoms with Crippen LogP contribution in [0.15, 0.2) is 46.6 Å². The molecule has 0 aliphatic rings. The molecule has 24 heavy (non-hydrogen) atoms. The van der Waals surface area contributed by atoms with Gasteiger partial charge in [0.25, 0.3) is 11.5 Å². The summed E-state index contributed by atoms with van der Waals surface area (Å²) in [7, 11) is 0. The molecule has 2 aromatic heterocycles. The lowest BCUT2D eigenvalue weighted by molar-refractivity contribution is -0.121. The normalized spacial score (nSPS) is 11.2. The third kappa shape index (κ3) is 3.33. The van der Waals surface area contributed by atoms with Gasteiger partial charge < -0.3 is 4.57 Å². The largest absolute Gasteiger partial charge is 0.305 e. The predicted molar refractivity (Wildman–Crippen MR) is 89.2 cm³/mol. The van der Waals surface area contributed by atoms with Gasteiger partial charge in [0, 0.05) is 16.8 Å². The molecule has 0 unspecified atom stereocenters. The molecule has 0 bridgehead atoms. The molecule has 0 aliphatic heterocycles. The molecule has 0 aliphatic carbocycles. The van der Waals surface area contributed by atoms with Crippen LogP contribution in [0.5, 0.6) is 0 Å². The first kappa shape index (κ1) is 15.9. The van der Waals surface area contributed by atoms with Gasteiger partial charge >= 0.3 is 0 Å². The number of benzene rings is 1. The van der Waals surface area contributed by atoms with Crippen molar-refractivity contribution in [2.24, 2.45) is 5.10 Å². The second-order valence-electron chi connectivity index (χ2n) is 5.03. The monoisotopic (exact) mass is 344 g/mol. The second-order valence-corrected chi connectivity index (χ2v) is 5.46. The van der Waals surface area contributed by atoms with Crippen LogP contribution >= 0.6 is 11.6 Å². The Balaban J connectivity index is 1.72. The Bertz CT molecular complexity index is 974. The Hall–Kier alpha value is -3.00. The minimum absolute atomic E-state index is 0.0355. The molecule has 0 atom stereocenters. The average molecular weight is 345 g/mol. The second kappa shape index (κ2) is 6.63. The molecule has 1 amide bonds. The van der Waals surface area contributed by atoms with Crippen molar-refractivity contribution in [2.75, 3.05) is 0 Å². The summed E-state index contributed by atoms with van der Waals surface area (Å²) >= 11 is 5.80. The molecule has 0 fully saturated rings. The van der Waals surface area contributed by atoms with Gasteiger partial charge in [-0.05, 0) is 24.6 Å². The summed E-state index contributed by atoms with van der Waals surface area (Å²) in [5.41, 5.74) is 3.55. The number of hydrazone groups is 1. The minimum Gasteiger partial charge on any atom is -0.305 e. The molecule has 9 heteroatoms. The van der Waals surface area contributed by atoms with E-state index in [0.717, 1.165) is 10.1 Å². The lowest BCUT2D eigenvalue weighted by Gasteiger charge is -2.09. The summed E-state index contributed by atoms with van der Waals surface area (Å²) in [6.07, 6.45) is 2.78. The quantitative estimate of drug-likeness (QED) is 0.564. The molecule has 0 saturated heterocycles. The van der Waals surface area contributed by atoms with Crippen LogP contribution in [0.4, 0.5) is 0 Å². The number of rotatable bonds is 4. The van der Waals surface area contributed by atoms with Crippen LogP contribution in [0, 0.1) is 6.92 Å². The van der Waals surface area contributed by atoms with Gasteiger partial charge in [-0.15, -0.1) is 0 Å². The summed E-state index contributed by atoms with van der Waals surface area (Å²) in [5.74, 6) is -0.0475. The first-order valence-corrected chi connectivity index (χ1v) is 7.40. The number of nitrogens with one attached hydrogen (secondary N) is 1. The number of carbonyl (C=O) groups is 1. The zero-order valence-corrected chi connectivity index (χ0v) is 13.4. The molecule has 0 radical (unpaired) electrons. The Morgan fingerprint density at radius 1 is 1.38 bits per heavy atom. The van der Waals surface area contributed by atoms with Crippen LogP contribution < -0.4 is 11.0 Å². The van der Waals surface area contributed by atoms with Crippen LogP contribution in [-0.4, -0.2) is 31.3 Å². The molecule has 3 rings (SSSR count). The van der Waals surface area contributed by atoms with E-state index in [-0.39, 0.29) is 18.0 Å². The van der Waals surface area contributed by atoms with Crippen molar-refractivity contribution in [3.63, 3.8) is 0 Å². The molecule has 1 aromatic carbocycles. The summed E-state index contributed by atoms with van der Waals surface area (Å²) < 4.78 is 2.72. The highest BCUT2D eigenvalue weighted by Gasteiger charge is 2.11. The van der Waals surface area contributed by atoms with Crippen LogP contribution in [0.1, 0.15) is 11.3 Å². The van der Waals surface area contributed by atoms with E-state index >= 15 is 0 Å². The maximum absolute atomic E-state index is 12.1. The van der Waals surface area contributed by atoms with Crippen molar-refractivity contribution in [1.82, 2.24) is 24.6 Å². The smallest absolute Gasteiger partial charge is 0.275 e. The van der Waals surface area contributed by atoms with Crippen LogP contribution in [0.3, 0.4) is 0 Å². The first-order chi connectivity index (χ1) is 11.5. The number of nitrogens with zero attached hydrogens (tertiary/aromatic N) is 5. The van der Waals surface area contributed by atoms with Crippen LogP contribution in [0.25, 0.3) is 5.78 Å². The van der Waals surface area contributed by atoms with Gasteiger partial charge in [0.05, 0.1) is 6.21 Å². The fourth-order valence-corrected chi connectivity index (χ4v) is 2.28. The maximum Gasteiger partial charge on any atom is 0.275 e. The van der Waals surface area contributed by atoms with Crippen molar-refractivity contribution >= 4 is 29.5 Å². The summed E-state index contributed by atoms with van der Waals surface area (Å²) in [6.45, 7) is 1.69. The maximum atomic E-state index is 12.1. The van der Waals surface area contributed by atoms with Gasteiger partial charge in [0.15, 0.2) is 0 Å². The van der Waals surface area contributed by atoms with Gasteiger partial charge in [-0.1, -0.05) is 23.7 Å². The van der Waals surface area contributed by atoms with Gasteiger partial charge in [-0.3, -0.25) is 9.59 Å². The molecule has 3 aromatic rings. The molecule has 2 heterocycles. The highest BCUT2D eigenvalue weighted by Crippen LogP contribution is 2.07. The van der Waals surface area contributed by atoms with E-state index in [9.17, 15) is 9.59 Å². The number of halogens is 1. The van der Waals surface area contributed by atoms with Gasteiger partial charge in [-0.25, -0.2) is 5.43 Å². The topological polar surface area (TPSA) is 93.7 Å². The number of hydrogen-bond donors (Lipinski definition) is 1. The number of fused-ring (bicyclic) bond motifs is 1. The Labute approximate surface area is 141 Å². The van der Waals surface area contributed by atoms with Gasteiger partial charge in [-0.2, -0.15) is 19.7 Å². The van der Waals surface area contributed by atoms with Crippen molar-refractivity contribution in [3.8, 4) is 0 Å². The molecular formula is C15H13ClN6O2. The summed E-state index contributed by atoms with van der Waals surface area (Å²) in [6, 6.07) is 8.42. The predicted octanol–water partition coefficient (Wildman–Crippen LogP) is 1.00. The minimum atomic E-state index is -0.350. The highest BCUT2D eigenvalue weighted by molar-refractivity contribution is 6.30. The van der Waals surface area contributed by atoms with Gasteiger partial charge in [0.1, 0.15) is 12.9 Å². The van der Waals surface area contributed by atoms with E-state index < -0.39 is 0 Å². The highest BCUT2D eigenvalue weighted by atomic mass is 35.5. The number of carbonyl (C=O) groups excluding carboxylic acids is 1. The average Bonchev–Trinajstić information content (AvgIpc) is 3.03. The van der Waals surface area contributed by atoms with E-state index in [4.69, 9.17) is 11.6 Å². The zero-order chi connectivity index (χ0) is 17.1. The Morgan fingerprint density at radius 2 is 2.12 bits per heavy atom. The van der Waals surface area contributed by atoms with Gasteiger partial charge in [0.2, 0.25) is 5.78 Å². The number of aromatic nitrogens is 4. The Morgan fingerprint density at radius 3 is 2.88 bits per heavy atom. The van der Waals surface area contributed by atoms with Crippen molar-refractivity contribution < 1.29 is 4.79 Å². The lowest BCUT2D eigenvalue weighted by Crippen LogP contribution is -2.27. The number of hydrogen-bond acceptors (Lipinski definition) is 5. The Kier molecular flexibility index (Phi) is 4.39. The molecule has 8 nitrogen and oxygen atoms in total. The van der Waals surface area contributed by atoms with Crippen molar-refractivity contribution in [3.05, 3.63) is 63.3 Å². The molecule has 122 valence electrons. The fraction of sp³-hybridized carbons (Fsp3) is 0.133. The third-order valence-corrected chi connectivity index (χ3v) is 3.56. The van der Waals surface area contributed by atoms with Crippen LogP contribution in [-0.2, 0) is 11.3 Å².